The van der Waals surface area contributed by atoms with E-state index in [1.54, 1.807) is 6.08 Å². The SMILES string of the molecule is C=CC.C=N/C(=C(\C)c1ccccc1)c1nc(-c2cc(F)ccc2F)no1.CC. The van der Waals surface area contributed by atoms with Gasteiger partial charge < -0.3 is 4.52 Å². The summed E-state index contributed by atoms with van der Waals surface area (Å²) in [5, 5.41) is 3.72. The third-order valence-corrected chi connectivity index (χ3v) is 3.52. The molecule has 0 bridgehead atoms. The third kappa shape index (κ3) is 6.31. The lowest BCUT2D eigenvalue weighted by atomic mass is 10.1. The number of aliphatic imine (C=N–C) groups is 1. The van der Waals surface area contributed by atoms with Crippen LogP contribution in [0.2, 0.25) is 0 Å². The van der Waals surface area contributed by atoms with E-state index in [0.29, 0.717) is 5.70 Å². The summed E-state index contributed by atoms with van der Waals surface area (Å²) >= 11 is 0. The van der Waals surface area contributed by atoms with Crippen molar-refractivity contribution in [2.75, 3.05) is 0 Å². The van der Waals surface area contributed by atoms with Gasteiger partial charge in [0.2, 0.25) is 5.82 Å². The van der Waals surface area contributed by atoms with Crippen molar-refractivity contribution in [3.8, 4) is 11.4 Å². The van der Waals surface area contributed by atoms with Crippen LogP contribution in [-0.4, -0.2) is 16.9 Å². The van der Waals surface area contributed by atoms with E-state index in [1.807, 2.05) is 58.0 Å². The van der Waals surface area contributed by atoms with Crippen LogP contribution in [0.3, 0.4) is 0 Å². The van der Waals surface area contributed by atoms with Gasteiger partial charge in [-0.2, -0.15) is 4.98 Å². The lowest BCUT2D eigenvalue weighted by molar-refractivity contribution is 0.407. The van der Waals surface area contributed by atoms with Crippen LogP contribution in [0.5, 0.6) is 0 Å². The number of hydrogen-bond donors (Lipinski definition) is 0. The third-order valence-electron chi connectivity index (χ3n) is 3.52. The fourth-order valence-electron chi connectivity index (χ4n) is 2.27. The normalized spacial score (nSPS) is 10.6. The number of rotatable bonds is 4. The number of aromatic nitrogens is 2. The Hall–Kier alpha value is -3.41. The molecule has 0 fully saturated rings. The van der Waals surface area contributed by atoms with Gasteiger partial charge in [0.25, 0.3) is 5.89 Å². The Labute approximate surface area is 170 Å². The van der Waals surface area contributed by atoms with Crippen LogP contribution < -0.4 is 0 Å². The van der Waals surface area contributed by atoms with Crippen molar-refractivity contribution in [2.24, 2.45) is 4.99 Å². The predicted octanol–water partition coefficient (Wildman–Crippen LogP) is 6.82. The van der Waals surface area contributed by atoms with Gasteiger partial charge >= 0.3 is 0 Å². The zero-order valence-corrected chi connectivity index (χ0v) is 17.1. The zero-order chi connectivity index (χ0) is 21.8. The Morgan fingerprint density at radius 2 is 1.72 bits per heavy atom. The minimum Gasteiger partial charge on any atom is -0.332 e. The van der Waals surface area contributed by atoms with Crippen LogP contribution in [0.25, 0.3) is 22.7 Å². The molecule has 0 aliphatic carbocycles. The van der Waals surface area contributed by atoms with E-state index in [4.69, 9.17) is 4.52 Å². The molecule has 29 heavy (non-hydrogen) atoms. The highest BCUT2D eigenvalue weighted by molar-refractivity contribution is 5.88. The molecule has 4 nitrogen and oxygen atoms in total. The van der Waals surface area contributed by atoms with Crippen LogP contribution >= 0.6 is 0 Å². The Bertz CT molecular complexity index is 963. The van der Waals surface area contributed by atoms with Crippen molar-refractivity contribution in [3.05, 3.63) is 84.3 Å². The van der Waals surface area contributed by atoms with E-state index in [1.165, 1.54) is 0 Å². The molecule has 0 radical (unpaired) electrons. The fourth-order valence-corrected chi connectivity index (χ4v) is 2.27. The van der Waals surface area contributed by atoms with E-state index in [-0.39, 0.29) is 17.3 Å². The summed E-state index contributed by atoms with van der Waals surface area (Å²) in [5.74, 6) is -1.19. The average Bonchev–Trinajstić information content (AvgIpc) is 3.22. The largest absolute Gasteiger partial charge is 0.332 e. The van der Waals surface area contributed by atoms with Crippen molar-refractivity contribution in [3.63, 3.8) is 0 Å². The molecule has 0 saturated heterocycles. The molecule has 0 amide bonds. The maximum Gasteiger partial charge on any atom is 0.277 e. The maximum absolute atomic E-state index is 13.8. The van der Waals surface area contributed by atoms with Gasteiger partial charge in [0.15, 0.2) is 0 Å². The van der Waals surface area contributed by atoms with Crippen LogP contribution in [-0.2, 0) is 0 Å². The van der Waals surface area contributed by atoms with Gasteiger partial charge in [-0.1, -0.05) is 55.4 Å². The molecule has 0 unspecified atom stereocenters. The minimum absolute atomic E-state index is 0.0518. The molecule has 1 heterocycles. The first-order chi connectivity index (χ1) is 14.0. The molecule has 0 N–H and O–H groups in total. The van der Waals surface area contributed by atoms with Gasteiger partial charge in [0.1, 0.15) is 17.3 Å². The Balaban J connectivity index is 0.000000771. The quantitative estimate of drug-likeness (QED) is 0.358. The van der Waals surface area contributed by atoms with Crippen LogP contribution in [0.1, 0.15) is 39.1 Å². The van der Waals surface area contributed by atoms with Gasteiger partial charge in [0, 0.05) is 0 Å². The molecule has 6 heteroatoms. The topological polar surface area (TPSA) is 51.3 Å². The summed E-state index contributed by atoms with van der Waals surface area (Å²) < 4.78 is 32.3. The summed E-state index contributed by atoms with van der Waals surface area (Å²) in [6.07, 6.45) is 1.75. The second-order valence-corrected chi connectivity index (χ2v) is 5.45. The lowest BCUT2D eigenvalue weighted by Gasteiger charge is -2.03. The maximum atomic E-state index is 13.8. The van der Waals surface area contributed by atoms with Crippen LogP contribution in [0.15, 0.2) is 70.7 Å². The van der Waals surface area contributed by atoms with Gasteiger partial charge in [-0.05, 0) is 49.9 Å². The van der Waals surface area contributed by atoms with Crippen LogP contribution in [0.4, 0.5) is 8.78 Å². The fraction of sp³-hybridized carbons (Fsp3) is 0.174. The average molecular weight is 397 g/mol. The first-order valence-corrected chi connectivity index (χ1v) is 9.11. The van der Waals surface area contributed by atoms with E-state index in [2.05, 4.69) is 28.4 Å². The molecule has 152 valence electrons. The number of halogens is 2. The predicted molar refractivity (Wildman–Crippen MR) is 115 cm³/mol. The molecule has 3 rings (SSSR count). The number of allylic oxidation sites excluding steroid dienone is 2. The van der Waals surface area contributed by atoms with E-state index >= 15 is 0 Å². The van der Waals surface area contributed by atoms with E-state index < -0.39 is 11.6 Å². The zero-order valence-electron chi connectivity index (χ0n) is 17.1. The van der Waals surface area contributed by atoms with Crippen molar-refractivity contribution >= 4 is 18.0 Å². The first-order valence-electron chi connectivity index (χ1n) is 9.11. The highest BCUT2D eigenvalue weighted by atomic mass is 19.1. The van der Waals surface area contributed by atoms with Gasteiger partial charge in [-0.15, -0.1) is 6.58 Å². The van der Waals surface area contributed by atoms with Gasteiger partial charge in [-0.3, -0.25) is 4.99 Å². The smallest absolute Gasteiger partial charge is 0.277 e. The molecule has 2 aromatic carbocycles. The number of hydrogen-bond acceptors (Lipinski definition) is 4. The van der Waals surface area contributed by atoms with Gasteiger partial charge in [0.05, 0.1) is 5.56 Å². The molecule has 3 aromatic rings. The number of nitrogens with zero attached hydrogens (tertiary/aromatic N) is 3. The first kappa shape index (κ1) is 23.6. The lowest BCUT2D eigenvalue weighted by Crippen LogP contribution is -1.90. The second kappa shape index (κ2) is 12.1. The van der Waals surface area contributed by atoms with E-state index in [0.717, 1.165) is 29.3 Å². The Morgan fingerprint density at radius 1 is 1.10 bits per heavy atom. The van der Waals surface area contributed by atoms with Crippen molar-refractivity contribution < 1.29 is 13.3 Å². The Kier molecular flexibility index (Phi) is 9.88. The summed E-state index contributed by atoms with van der Waals surface area (Å²) in [6.45, 7) is 14.6. The summed E-state index contributed by atoms with van der Waals surface area (Å²) in [7, 11) is 0. The molecular weight excluding hydrogens is 372 g/mol. The Morgan fingerprint density at radius 3 is 2.31 bits per heavy atom. The highest BCUT2D eigenvalue weighted by Gasteiger charge is 2.18. The van der Waals surface area contributed by atoms with Crippen molar-refractivity contribution in [1.82, 2.24) is 10.1 Å². The van der Waals surface area contributed by atoms with Crippen LogP contribution in [0, 0.1) is 11.6 Å². The molecule has 0 spiro atoms. The molecule has 1 aromatic heterocycles. The highest BCUT2D eigenvalue weighted by Crippen LogP contribution is 2.28. The molecule has 0 saturated carbocycles. The van der Waals surface area contributed by atoms with E-state index in [9.17, 15) is 8.78 Å². The minimum atomic E-state index is -0.638. The van der Waals surface area contributed by atoms with Crippen molar-refractivity contribution in [2.45, 2.75) is 27.7 Å². The summed E-state index contributed by atoms with van der Waals surface area (Å²) in [5.41, 5.74) is 2.00. The molecule has 0 atom stereocenters. The molecular formula is C23H25F2N3O. The second-order valence-electron chi connectivity index (χ2n) is 5.45. The monoisotopic (exact) mass is 397 g/mol. The molecule has 0 aliphatic heterocycles. The summed E-state index contributed by atoms with van der Waals surface area (Å²) in [4.78, 5) is 8.07. The number of benzene rings is 2. The summed E-state index contributed by atoms with van der Waals surface area (Å²) in [6, 6.07) is 12.5. The van der Waals surface area contributed by atoms with Crippen molar-refractivity contribution in [1.29, 1.82) is 0 Å². The molecule has 0 aliphatic rings. The standard InChI is InChI=1S/C18H13F2N3O.C3H6.C2H6/c1-11(12-6-4-3-5-7-12)16(21-2)18-22-17(23-24-18)14-10-13(19)8-9-15(14)20;1-3-2;1-2/h3-10H,2H2,1H3;3H,1H2,2H3;1-2H3/b16-11+;;. The van der Waals surface area contributed by atoms with Gasteiger partial charge in [-0.25, -0.2) is 8.78 Å².